The van der Waals surface area contributed by atoms with Crippen molar-refractivity contribution in [3.8, 4) is 0 Å². The van der Waals surface area contributed by atoms with E-state index in [4.69, 9.17) is 0 Å². The molecule has 0 radical (unpaired) electrons. The van der Waals surface area contributed by atoms with E-state index < -0.39 is 0 Å². The van der Waals surface area contributed by atoms with Gasteiger partial charge < -0.3 is 14.7 Å². The summed E-state index contributed by atoms with van der Waals surface area (Å²) in [6, 6.07) is 4.49. The molecule has 1 heterocycles. The van der Waals surface area contributed by atoms with Crippen molar-refractivity contribution in [3.05, 3.63) is 65.4 Å². The van der Waals surface area contributed by atoms with Crippen molar-refractivity contribution in [1.29, 1.82) is 0 Å². The first-order chi connectivity index (χ1) is 11.3. The smallest absolute Gasteiger partial charge is 0.111 e. The van der Waals surface area contributed by atoms with Crippen LogP contribution in [0.4, 0.5) is 5.69 Å². The van der Waals surface area contributed by atoms with Gasteiger partial charge in [0.05, 0.1) is 5.69 Å². The Morgan fingerprint density at radius 3 is 2.25 bits per heavy atom. The van der Waals surface area contributed by atoms with E-state index in [-0.39, 0.29) is 6.17 Å². The molecular weight excluding hydrogens is 294 g/mol. The van der Waals surface area contributed by atoms with Crippen LogP contribution in [0.2, 0.25) is 0 Å². The molecular formula is C21H31N3. The maximum Gasteiger partial charge on any atom is 0.111 e. The van der Waals surface area contributed by atoms with Gasteiger partial charge in [0.15, 0.2) is 0 Å². The van der Waals surface area contributed by atoms with Gasteiger partial charge in [-0.3, -0.25) is 0 Å². The lowest BCUT2D eigenvalue weighted by molar-refractivity contribution is 0.230. The second-order valence-corrected chi connectivity index (χ2v) is 6.76. The number of nitrogens with zero attached hydrogens (tertiary/aromatic N) is 3. The lowest BCUT2D eigenvalue weighted by Crippen LogP contribution is -2.39. The molecule has 0 saturated heterocycles. The average Bonchev–Trinajstić information content (AvgIpc) is 2.82. The van der Waals surface area contributed by atoms with Gasteiger partial charge in [-0.1, -0.05) is 37.3 Å². The minimum atomic E-state index is 0.264. The Balaban J connectivity index is 2.53. The van der Waals surface area contributed by atoms with Crippen molar-refractivity contribution in [2.75, 3.05) is 11.9 Å². The van der Waals surface area contributed by atoms with E-state index in [0.717, 1.165) is 12.2 Å². The summed E-state index contributed by atoms with van der Waals surface area (Å²) in [6.07, 6.45) is 7.74. The van der Waals surface area contributed by atoms with Crippen LogP contribution in [0, 0.1) is 20.8 Å². The molecule has 0 amide bonds. The third-order valence-electron chi connectivity index (χ3n) is 4.72. The fourth-order valence-corrected chi connectivity index (χ4v) is 3.46. The Morgan fingerprint density at radius 1 is 1.21 bits per heavy atom. The second kappa shape index (κ2) is 7.16. The Bertz CT molecular complexity index is 661. The van der Waals surface area contributed by atoms with Gasteiger partial charge >= 0.3 is 0 Å². The van der Waals surface area contributed by atoms with Gasteiger partial charge in [-0.2, -0.15) is 0 Å². The first-order valence-corrected chi connectivity index (χ1v) is 8.70. The van der Waals surface area contributed by atoms with Gasteiger partial charge in [0, 0.05) is 25.1 Å². The first kappa shape index (κ1) is 18.2. The number of anilines is 1. The highest BCUT2D eigenvalue weighted by Crippen LogP contribution is 2.34. The molecule has 0 unspecified atom stereocenters. The van der Waals surface area contributed by atoms with E-state index in [1.165, 1.54) is 28.1 Å². The van der Waals surface area contributed by atoms with Crippen molar-refractivity contribution in [2.45, 2.75) is 54.1 Å². The largest absolute Gasteiger partial charge is 0.359 e. The van der Waals surface area contributed by atoms with Crippen LogP contribution in [0.3, 0.4) is 0 Å². The molecule has 0 bridgehead atoms. The van der Waals surface area contributed by atoms with Crippen LogP contribution in [0.5, 0.6) is 0 Å². The zero-order valence-electron chi connectivity index (χ0n) is 16.2. The first-order valence-electron chi connectivity index (χ1n) is 8.70. The molecule has 0 aliphatic carbocycles. The van der Waals surface area contributed by atoms with Crippen LogP contribution >= 0.6 is 0 Å². The number of hydrogen-bond acceptors (Lipinski definition) is 3. The fraction of sp³-hybridized carbons (Fsp3) is 0.429. The molecule has 24 heavy (non-hydrogen) atoms. The van der Waals surface area contributed by atoms with Crippen LogP contribution in [0.1, 0.15) is 43.9 Å². The molecule has 2 rings (SSSR count). The molecule has 3 nitrogen and oxygen atoms in total. The molecule has 0 saturated carbocycles. The van der Waals surface area contributed by atoms with Crippen molar-refractivity contribution in [1.82, 2.24) is 9.80 Å². The highest BCUT2D eigenvalue weighted by Gasteiger charge is 2.27. The van der Waals surface area contributed by atoms with Crippen molar-refractivity contribution >= 4 is 5.69 Å². The van der Waals surface area contributed by atoms with Crippen LogP contribution < -0.4 is 4.90 Å². The molecule has 130 valence electrons. The highest BCUT2D eigenvalue weighted by atomic mass is 15.4. The standard InChI is InChI=1S/C21H31N3/c1-9-10-18(5)24(20(7)23-12-11-22(8)19(23)6)21-16(3)13-15(2)14-17(21)4/h10-14,19H,7,9H2,1-6,8H3/b18-10-/t19-/m0/s1. The zero-order valence-corrected chi connectivity index (χ0v) is 16.2. The monoisotopic (exact) mass is 325 g/mol. The molecule has 0 N–H and O–H groups in total. The SMILES string of the molecule is C=C(N(/C(C)=C\CC)c1c(C)cc(C)cc1C)N1C=CN(C)[C@@H]1C. The summed E-state index contributed by atoms with van der Waals surface area (Å²) in [5, 5.41) is 0. The minimum Gasteiger partial charge on any atom is -0.359 e. The topological polar surface area (TPSA) is 9.72 Å². The summed E-state index contributed by atoms with van der Waals surface area (Å²) in [6.45, 7) is 17.5. The normalized spacial score (nSPS) is 17.6. The van der Waals surface area contributed by atoms with Gasteiger partial charge in [0.25, 0.3) is 0 Å². The number of benzene rings is 1. The quantitative estimate of drug-likeness (QED) is 0.730. The van der Waals surface area contributed by atoms with E-state index in [1.54, 1.807) is 0 Å². The van der Waals surface area contributed by atoms with Gasteiger partial charge in [0.2, 0.25) is 0 Å². The van der Waals surface area contributed by atoms with Crippen molar-refractivity contribution in [3.63, 3.8) is 0 Å². The van der Waals surface area contributed by atoms with Crippen LogP contribution in [-0.4, -0.2) is 23.0 Å². The molecule has 1 aliphatic rings. The zero-order chi connectivity index (χ0) is 18.0. The third kappa shape index (κ3) is 3.35. The average molecular weight is 326 g/mol. The summed E-state index contributed by atoms with van der Waals surface area (Å²) in [7, 11) is 2.09. The molecule has 1 aromatic carbocycles. The predicted molar refractivity (Wildman–Crippen MR) is 105 cm³/mol. The maximum atomic E-state index is 4.44. The van der Waals surface area contributed by atoms with Gasteiger partial charge in [0.1, 0.15) is 12.0 Å². The third-order valence-corrected chi connectivity index (χ3v) is 4.72. The van der Waals surface area contributed by atoms with Gasteiger partial charge in [-0.05, 0) is 52.2 Å². The maximum absolute atomic E-state index is 4.44. The molecule has 1 aliphatic heterocycles. The fourth-order valence-electron chi connectivity index (χ4n) is 3.46. The molecule has 1 atom stereocenters. The van der Waals surface area contributed by atoms with Crippen molar-refractivity contribution in [2.24, 2.45) is 0 Å². The molecule has 0 fully saturated rings. The molecule has 0 aromatic heterocycles. The number of allylic oxidation sites excluding steroid dienone is 2. The van der Waals surface area contributed by atoms with Crippen molar-refractivity contribution < 1.29 is 0 Å². The predicted octanol–water partition coefficient (Wildman–Crippen LogP) is 5.27. The second-order valence-electron chi connectivity index (χ2n) is 6.76. The van der Waals surface area contributed by atoms with Gasteiger partial charge in [-0.25, -0.2) is 0 Å². The summed E-state index contributed by atoms with van der Waals surface area (Å²) in [5.74, 6) is 0.986. The van der Waals surface area contributed by atoms with E-state index in [1.807, 2.05) is 0 Å². The Labute approximate surface area is 147 Å². The van der Waals surface area contributed by atoms with Gasteiger partial charge in [-0.15, -0.1) is 0 Å². The van der Waals surface area contributed by atoms with E-state index in [0.29, 0.717) is 0 Å². The number of rotatable bonds is 5. The summed E-state index contributed by atoms with van der Waals surface area (Å²) in [5.41, 5.74) is 6.31. The Hall–Kier alpha value is -2.16. The lowest BCUT2D eigenvalue weighted by atomic mass is 10.0. The van der Waals surface area contributed by atoms with E-state index >= 15 is 0 Å². The van der Waals surface area contributed by atoms with Crippen LogP contribution in [0.15, 0.2) is 48.7 Å². The molecule has 1 aromatic rings. The summed E-state index contributed by atoms with van der Waals surface area (Å²) >= 11 is 0. The van der Waals surface area contributed by atoms with E-state index in [9.17, 15) is 0 Å². The number of hydrogen-bond donors (Lipinski definition) is 0. The minimum absolute atomic E-state index is 0.264. The highest BCUT2D eigenvalue weighted by molar-refractivity contribution is 5.67. The Morgan fingerprint density at radius 2 is 1.79 bits per heavy atom. The summed E-state index contributed by atoms with van der Waals surface area (Å²) < 4.78 is 0. The molecule has 0 spiro atoms. The number of aryl methyl sites for hydroxylation is 3. The van der Waals surface area contributed by atoms with Crippen LogP contribution in [0.25, 0.3) is 0 Å². The molecule has 3 heteroatoms. The summed E-state index contributed by atoms with van der Waals surface area (Å²) in [4.78, 5) is 6.72. The van der Waals surface area contributed by atoms with Crippen LogP contribution in [-0.2, 0) is 0 Å². The van der Waals surface area contributed by atoms with E-state index in [2.05, 4.69) is 100 Å². The Kier molecular flexibility index (Phi) is 5.43. The lowest BCUT2D eigenvalue weighted by Gasteiger charge is -2.37.